The van der Waals surface area contributed by atoms with E-state index in [4.69, 9.17) is 4.74 Å². The number of benzene rings is 2. The van der Waals surface area contributed by atoms with Crippen LogP contribution >= 0.6 is 0 Å². The molecular formula is C23H25N5O3. The minimum atomic E-state index is -0.559. The van der Waals surface area contributed by atoms with Crippen LogP contribution in [0.25, 0.3) is 5.69 Å². The lowest BCUT2D eigenvalue weighted by molar-refractivity contribution is -0.119. The standard InChI is InChI=1S/C23H25N5O3/c29-22(26-19-7-11-20(12-8-19)27-13-3-1-2-4-14-27)15-31-23(30)18-5-9-21(10-6-18)28-17-24-16-25-28/h5-12,16-17H,1-4,13-15H2,(H,26,29). The fourth-order valence-electron chi connectivity index (χ4n) is 3.59. The molecule has 2 aromatic carbocycles. The molecule has 0 spiro atoms. The van der Waals surface area contributed by atoms with Crippen LogP contribution in [-0.2, 0) is 9.53 Å². The van der Waals surface area contributed by atoms with Crippen LogP contribution in [0.5, 0.6) is 0 Å². The molecule has 8 nitrogen and oxygen atoms in total. The Hall–Kier alpha value is -3.68. The van der Waals surface area contributed by atoms with Crippen molar-refractivity contribution < 1.29 is 14.3 Å². The summed E-state index contributed by atoms with van der Waals surface area (Å²) in [6.45, 7) is 1.79. The lowest BCUT2D eigenvalue weighted by Gasteiger charge is -2.22. The lowest BCUT2D eigenvalue weighted by Crippen LogP contribution is -2.24. The summed E-state index contributed by atoms with van der Waals surface area (Å²) >= 11 is 0. The molecule has 8 heteroatoms. The van der Waals surface area contributed by atoms with E-state index in [1.165, 1.54) is 37.7 Å². The zero-order valence-corrected chi connectivity index (χ0v) is 17.2. The minimum absolute atomic E-state index is 0.350. The second-order valence-electron chi connectivity index (χ2n) is 7.46. The number of hydrogen-bond donors (Lipinski definition) is 1. The van der Waals surface area contributed by atoms with Crippen molar-refractivity contribution in [1.82, 2.24) is 14.8 Å². The maximum Gasteiger partial charge on any atom is 0.338 e. The number of ether oxygens (including phenoxy) is 1. The summed E-state index contributed by atoms with van der Waals surface area (Å²) in [5.74, 6) is -0.938. The van der Waals surface area contributed by atoms with Crippen LogP contribution in [0.2, 0.25) is 0 Å². The first kappa shape index (κ1) is 20.6. The van der Waals surface area contributed by atoms with Crippen molar-refractivity contribution in [1.29, 1.82) is 0 Å². The summed E-state index contributed by atoms with van der Waals surface area (Å²) in [5, 5.41) is 6.80. The van der Waals surface area contributed by atoms with Gasteiger partial charge in [0.15, 0.2) is 6.61 Å². The maximum absolute atomic E-state index is 12.2. The number of amides is 1. The molecule has 1 fully saturated rings. The fraction of sp³-hybridized carbons (Fsp3) is 0.304. The van der Waals surface area contributed by atoms with E-state index < -0.39 is 5.97 Å². The van der Waals surface area contributed by atoms with Gasteiger partial charge in [-0.15, -0.1) is 0 Å². The second kappa shape index (κ2) is 9.88. The van der Waals surface area contributed by atoms with Gasteiger partial charge < -0.3 is 15.0 Å². The monoisotopic (exact) mass is 419 g/mol. The Morgan fingerprint density at radius 3 is 2.23 bits per heavy atom. The topological polar surface area (TPSA) is 89.4 Å². The molecule has 1 saturated heterocycles. The molecule has 0 radical (unpaired) electrons. The first-order valence-electron chi connectivity index (χ1n) is 10.5. The molecule has 1 amide bonds. The summed E-state index contributed by atoms with van der Waals surface area (Å²) in [6, 6.07) is 14.5. The van der Waals surface area contributed by atoms with Crippen LogP contribution in [0.15, 0.2) is 61.2 Å². The van der Waals surface area contributed by atoms with Gasteiger partial charge in [0.25, 0.3) is 5.91 Å². The van der Waals surface area contributed by atoms with Crippen molar-refractivity contribution in [2.24, 2.45) is 0 Å². The van der Waals surface area contributed by atoms with Gasteiger partial charge in [-0.1, -0.05) is 12.8 Å². The van der Waals surface area contributed by atoms with Gasteiger partial charge in [0.05, 0.1) is 11.3 Å². The van der Waals surface area contributed by atoms with Crippen LogP contribution < -0.4 is 10.2 Å². The Labute approximate surface area is 180 Å². The molecule has 160 valence electrons. The summed E-state index contributed by atoms with van der Waals surface area (Å²) < 4.78 is 6.72. The Balaban J connectivity index is 1.26. The van der Waals surface area contributed by atoms with Gasteiger partial charge in [-0.25, -0.2) is 14.5 Å². The normalized spacial score (nSPS) is 14.0. The molecule has 0 atom stereocenters. The van der Waals surface area contributed by atoms with Gasteiger partial charge >= 0.3 is 5.97 Å². The number of carbonyl (C=O) groups is 2. The van der Waals surface area contributed by atoms with E-state index >= 15 is 0 Å². The van der Waals surface area contributed by atoms with E-state index in [-0.39, 0.29) is 12.5 Å². The molecule has 1 aliphatic heterocycles. The van der Waals surface area contributed by atoms with Crippen molar-refractivity contribution >= 4 is 23.3 Å². The Morgan fingerprint density at radius 2 is 1.58 bits per heavy atom. The number of nitrogens with one attached hydrogen (secondary N) is 1. The molecule has 1 aromatic heterocycles. The van der Waals surface area contributed by atoms with Crippen LogP contribution in [-0.4, -0.2) is 46.3 Å². The number of carbonyl (C=O) groups excluding carboxylic acids is 2. The average molecular weight is 419 g/mol. The van der Waals surface area contributed by atoms with Crippen molar-refractivity contribution in [3.05, 3.63) is 66.7 Å². The molecule has 0 saturated carbocycles. The molecule has 1 N–H and O–H groups in total. The van der Waals surface area contributed by atoms with Gasteiger partial charge in [-0.2, -0.15) is 5.10 Å². The molecule has 2 heterocycles. The van der Waals surface area contributed by atoms with Gasteiger partial charge in [0.1, 0.15) is 12.7 Å². The smallest absolute Gasteiger partial charge is 0.338 e. The van der Waals surface area contributed by atoms with Gasteiger partial charge in [-0.05, 0) is 61.4 Å². The third-order valence-electron chi connectivity index (χ3n) is 5.24. The number of aromatic nitrogens is 3. The van der Waals surface area contributed by atoms with Gasteiger partial charge in [0.2, 0.25) is 0 Å². The van der Waals surface area contributed by atoms with E-state index in [1.54, 1.807) is 35.3 Å². The van der Waals surface area contributed by atoms with Crippen molar-refractivity contribution in [3.63, 3.8) is 0 Å². The van der Waals surface area contributed by atoms with Crippen LogP contribution in [0.3, 0.4) is 0 Å². The third kappa shape index (κ3) is 5.48. The molecule has 0 bridgehead atoms. The molecule has 31 heavy (non-hydrogen) atoms. The highest BCUT2D eigenvalue weighted by molar-refractivity contribution is 5.95. The van der Waals surface area contributed by atoms with Crippen molar-refractivity contribution in [2.45, 2.75) is 25.7 Å². The number of hydrogen-bond acceptors (Lipinski definition) is 6. The SMILES string of the molecule is O=C(COC(=O)c1ccc(-n2cncn2)cc1)Nc1ccc(N2CCCCCC2)cc1. The predicted molar refractivity (Wildman–Crippen MR) is 117 cm³/mol. The van der Waals surface area contributed by atoms with E-state index in [0.29, 0.717) is 11.3 Å². The van der Waals surface area contributed by atoms with Crippen LogP contribution in [0.4, 0.5) is 11.4 Å². The molecule has 4 rings (SSSR count). The highest BCUT2D eigenvalue weighted by Crippen LogP contribution is 2.21. The molecule has 0 unspecified atom stereocenters. The second-order valence-corrected chi connectivity index (χ2v) is 7.46. The minimum Gasteiger partial charge on any atom is -0.452 e. The van der Waals surface area contributed by atoms with E-state index in [0.717, 1.165) is 18.8 Å². The van der Waals surface area contributed by atoms with Gasteiger partial charge in [0, 0.05) is 24.5 Å². The summed E-state index contributed by atoms with van der Waals surface area (Å²) in [4.78, 5) is 30.6. The Morgan fingerprint density at radius 1 is 0.903 bits per heavy atom. The van der Waals surface area contributed by atoms with Gasteiger partial charge in [-0.3, -0.25) is 4.79 Å². The summed E-state index contributed by atoms with van der Waals surface area (Å²) in [5.41, 5.74) is 2.98. The number of esters is 1. The summed E-state index contributed by atoms with van der Waals surface area (Å²) in [6.07, 6.45) is 8.01. The average Bonchev–Trinajstić information content (AvgIpc) is 3.21. The predicted octanol–water partition coefficient (Wildman–Crippen LogP) is 3.44. The highest BCUT2D eigenvalue weighted by Gasteiger charge is 2.12. The maximum atomic E-state index is 12.2. The zero-order chi connectivity index (χ0) is 21.5. The molecule has 0 aliphatic carbocycles. The Bertz CT molecular complexity index is 993. The van der Waals surface area contributed by atoms with Crippen molar-refractivity contribution in [2.75, 3.05) is 29.9 Å². The lowest BCUT2D eigenvalue weighted by atomic mass is 10.2. The number of nitrogens with zero attached hydrogens (tertiary/aromatic N) is 4. The zero-order valence-electron chi connectivity index (χ0n) is 17.2. The van der Waals surface area contributed by atoms with E-state index in [1.807, 2.05) is 24.3 Å². The van der Waals surface area contributed by atoms with Crippen LogP contribution in [0, 0.1) is 0 Å². The largest absolute Gasteiger partial charge is 0.452 e. The molecule has 3 aromatic rings. The quantitative estimate of drug-likeness (QED) is 0.616. The summed E-state index contributed by atoms with van der Waals surface area (Å²) in [7, 11) is 0. The first-order chi connectivity index (χ1) is 15.2. The van der Waals surface area contributed by atoms with E-state index in [9.17, 15) is 9.59 Å². The number of anilines is 2. The molecule has 1 aliphatic rings. The fourth-order valence-corrected chi connectivity index (χ4v) is 3.59. The Kier molecular flexibility index (Phi) is 6.56. The van der Waals surface area contributed by atoms with E-state index in [2.05, 4.69) is 20.3 Å². The number of rotatable bonds is 6. The highest BCUT2D eigenvalue weighted by atomic mass is 16.5. The van der Waals surface area contributed by atoms with Crippen molar-refractivity contribution in [3.8, 4) is 5.69 Å². The molecular weight excluding hydrogens is 394 g/mol. The first-order valence-corrected chi connectivity index (χ1v) is 10.5. The third-order valence-corrected chi connectivity index (χ3v) is 5.24. The van der Waals surface area contributed by atoms with Crippen LogP contribution in [0.1, 0.15) is 36.0 Å².